The molecule has 0 saturated carbocycles. The first kappa shape index (κ1) is 15.2. The van der Waals surface area contributed by atoms with Crippen LogP contribution in [0, 0.1) is 0 Å². The van der Waals surface area contributed by atoms with Crippen molar-refractivity contribution in [3.05, 3.63) is 34.3 Å². The first-order valence-corrected chi connectivity index (χ1v) is 7.44. The number of rotatable bonds is 5. The van der Waals surface area contributed by atoms with Crippen LogP contribution >= 0.6 is 15.9 Å². The lowest BCUT2D eigenvalue weighted by Crippen LogP contribution is -2.59. The Morgan fingerprint density at radius 2 is 2.10 bits per heavy atom. The summed E-state index contributed by atoms with van der Waals surface area (Å²) in [6, 6.07) is 7.44. The molecule has 1 heterocycles. The molecular formula is C14H18BrN3O2. The van der Waals surface area contributed by atoms with Crippen molar-refractivity contribution < 1.29 is 9.59 Å². The van der Waals surface area contributed by atoms with Gasteiger partial charge in [0.05, 0.1) is 12.1 Å². The number of amides is 2. The molecule has 0 radical (unpaired) electrons. The SMILES string of the molecule is CCN(CC(=O)NC(=O)c1ccccc1Br)C1CNC1. The van der Waals surface area contributed by atoms with Gasteiger partial charge >= 0.3 is 0 Å². The van der Waals surface area contributed by atoms with E-state index in [1.165, 1.54) is 0 Å². The highest BCUT2D eigenvalue weighted by atomic mass is 79.9. The summed E-state index contributed by atoms with van der Waals surface area (Å²) < 4.78 is 0.681. The molecule has 2 amide bonds. The summed E-state index contributed by atoms with van der Waals surface area (Å²) in [5, 5.41) is 5.61. The van der Waals surface area contributed by atoms with Gasteiger partial charge in [-0.2, -0.15) is 0 Å². The van der Waals surface area contributed by atoms with Gasteiger partial charge in [-0.25, -0.2) is 0 Å². The van der Waals surface area contributed by atoms with Gasteiger partial charge in [0.25, 0.3) is 5.91 Å². The van der Waals surface area contributed by atoms with Crippen LogP contribution in [-0.2, 0) is 4.79 Å². The highest BCUT2D eigenvalue weighted by molar-refractivity contribution is 9.10. The van der Waals surface area contributed by atoms with E-state index in [0.29, 0.717) is 16.1 Å². The van der Waals surface area contributed by atoms with Gasteiger partial charge in [-0.1, -0.05) is 19.1 Å². The third-order valence-corrected chi connectivity index (χ3v) is 4.09. The molecule has 20 heavy (non-hydrogen) atoms. The van der Waals surface area contributed by atoms with Crippen molar-refractivity contribution in [3.63, 3.8) is 0 Å². The number of carbonyl (C=O) groups excluding carboxylic acids is 2. The molecular weight excluding hydrogens is 322 g/mol. The molecule has 2 N–H and O–H groups in total. The van der Waals surface area contributed by atoms with E-state index in [9.17, 15) is 9.59 Å². The summed E-state index contributed by atoms with van der Waals surface area (Å²) in [7, 11) is 0. The van der Waals surface area contributed by atoms with Gasteiger partial charge in [-0.15, -0.1) is 0 Å². The minimum Gasteiger partial charge on any atom is -0.314 e. The molecule has 1 aromatic carbocycles. The number of nitrogens with zero attached hydrogens (tertiary/aromatic N) is 1. The van der Waals surface area contributed by atoms with Crippen molar-refractivity contribution >= 4 is 27.7 Å². The van der Waals surface area contributed by atoms with Crippen LogP contribution in [0.2, 0.25) is 0 Å². The van der Waals surface area contributed by atoms with Crippen LogP contribution in [-0.4, -0.2) is 48.9 Å². The summed E-state index contributed by atoms with van der Waals surface area (Å²) in [6.07, 6.45) is 0. The van der Waals surface area contributed by atoms with E-state index < -0.39 is 0 Å². The van der Waals surface area contributed by atoms with Crippen LogP contribution in [0.5, 0.6) is 0 Å². The molecule has 1 aliphatic heterocycles. The molecule has 1 saturated heterocycles. The molecule has 0 spiro atoms. The number of imide groups is 1. The van der Waals surface area contributed by atoms with Gasteiger partial charge in [-0.3, -0.25) is 19.8 Å². The van der Waals surface area contributed by atoms with E-state index in [4.69, 9.17) is 0 Å². The highest BCUT2D eigenvalue weighted by Gasteiger charge is 2.25. The second-order valence-electron chi connectivity index (χ2n) is 4.73. The van der Waals surface area contributed by atoms with E-state index in [-0.39, 0.29) is 18.4 Å². The molecule has 1 aliphatic rings. The van der Waals surface area contributed by atoms with Gasteiger partial charge < -0.3 is 5.32 Å². The Kier molecular flexibility index (Phi) is 5.28. The standard InChI is InChI=1S/C14H18BrN3O2/c1-2-18(10-7-16-8-10)9-13(19)17-14(20)11-5-3-4-6-12(11)15/h3-6,10,16H,2,7-9H2,1H3,(H,17,19,20). The van der Waals surface area contributed by atoms with Crippen LogP contribution in [0.1, 0.15) is 17.3 Å². The van der Waals surface area contributed by atoms with Gasteiger partial charge in [0, 0.05) is 23.6 Å². The van der Waals surface area contributed by atoms with Crippen molar-refractivity contribution in [1.82, 2.24) is 15.5 Å². The van der Waals surface area contributed by atoms with E-state index >= 15 is 0 Å². The van der Waals surface area contributed by atoms with Crippen molar-refractivity contribution in [2.45, 2.75) is 13.0 Å². The fourth-order valence-corrected chi connectivity index (χ4v) is 2.56. The van der Waals surface area contributed by atoms with Crippen LogP contribution < -0.4 is 10.6 Å². The Morgan fingerprint density at radius 3 is 2.65 bits per heavy atom. The maximum absolute atomic E-state index is 12.0. The van der Waals surface area contributed by atoms with E-state index in [1.54, 1.807) is 18.2 Å². The summed E-state index contributed by atoms with van der Waals surface area (Å²) in [5.74, 6) is -0.634. The summed E-state index contributed by atoms with van der Waals surface area (Å²) in [5.41, 5.74) is 0.467. The lowest BCUT2D eigenvalue weighted by molar-refractivity contribution is -0.122. The quantitative estimate of drug-likeness (QED) is 0.840. The van der Waals surface area contributed by atoms with Crippen LogP contribution in [0.25, 0.3) is 0 Å². The summed E-state index contributed by atoms with van der Waals surface area (Å²) >= 11 is 3.30. The van der Waals surface area contributed by atoms with Crippen molar-refractivity contribution in [3.8, 4) is 0 Å². The topological polar surface area (TPSA) is 61.4 Å². The largest absolute Gasteiger partial charge is 0.314 e. The molecule has 0 aromatic heterocycles. The predicted octanol–water partition coefficient (Wildman–Crippen LogP) is 0.999. The normalized spacial score (nSPS) is 14.9. The van der Waals surface area contributed by atoms with Gasteiger partial charge in [0.15, 0.2) is 0 Å². The van der Waals surface area contributed by atoms with E-state index in [2.05, 4.69) is 31.5 Å². The van der Waals surface area contributed by atoms with Crippen LogP contribution in [0.15, 0.2) is 28.7 Å². The molecule has 108 valence electrons. The summed E-state index contributed by atoms with van der Waals surface area (Å²) in [4.78, 5) is 26.0. The molecule has 0 aliphatic carbocycles. The Morgan fingerprint density at radius 1 is 1.40 bits per heavy atom. The van der Waals surface area contributed by atoms with E-state index in [0.717, 1.165) is 19.6 Å². The van der Waals surface area contributed by atoms with Gasteiger partial charge in [-0.05, 0) is 34.6 Å². The number of halogens is 1. The molecule has 6 heteroatoms. The molecule has 0 bridgehead atoms. The minimum absolute atomic E-state index is 0.249. The third kappa shape index (κ3) is 3.65. The number of nitrogens with one attached hydrogen (secondary N) is 2. The molecule has 0 atom stereocenters. The fraction of sp³-hybridized carbons (Fsp3) is 0.429. The zero-order chi connectivity index (χ0) is 14.5. The molecule has 5 nitrogen and oxygen atoms in total. The second kappa shape index (κ2) is 6.97. The Bertz CT molecular complexity index is 503. The number of benzene rings is 1. The fourth-order valence-electron chi connectivity index (χ4n) is 2.09. The maximum atomic E-state index is 12.0. The average Bonchev–Trinajstić information content (AvgIpc) is 2.36. The number of likely N-dealkylation sites (N-methyl/N-ethyl adjacent to an activating group) is 1. The van der Waals surface area contributed by atoms with Crippen molar-refractivity contribution in [1.29, 1.82) is 0 Å². The van der Waals surface area contributed by atoms with Crippen LogP contribution in [0.4, 0.5) is 0 Å². The Hall–Kier alpha value is -1.24. The van der Waals surface area contributed by atoms with Gasteiger partial charge in [0.2, 0.25) is 5.91 Å². The third-order valence-electron chi connectivity index (χ3n) is 3.40. The Labute approximate surface area is 126 Å². The average molecular weight is 340 g/mol. The number of carbonyl (C=O) groups is 2. The molecule has 1 fully saturated rings. The lowest BCUT2D eigenvalue weighted by Gasteiger charge is -2.37. The smallest absolute Gasteiger partial charge is 0.259 e. The van der Waals surface area contributed by atoms with Crippen molar-refractivity contribution in [2.24, 2.45) is 0 Å². The number of hydrogen-bond acceptors (Lipinski definition) is 4. The monoisotopic (exact) mass is 339 g/mol. The minimum atomic E-state index is -0.370. The zero-order valence-electron chi connectivity index (χ0n) is 11.4. The molecule has 1 aromatic rings. The predicted molar refractivity (Wildman–Crippen MR) is 80.5 cm³/mol. The molecule has 0 unspecified atom stereocenters. The first-order valence-electron chi connectivity index (χ1n) is 6.65. The summed E-state index contributed by atoms with van der Waals surface area (Å²) in [6.45, 7) is 4.86. The second-order valence-corrected chi connectivity index (χ2v) is 5.59. The number of hydrogen-bond donors (Lipinski definition) is 2. The first-order chi connectivity index (χ1) is 9.61. The highest BCUT2D eigenvalue weighted by Crippen LogP contribution is 2.15. The lowest BCUT2D eigenvalue weighted by atomic mass is 10.1. The molecule has 2 rings (SSSR count). The van der Waals surface area contributed by atoms with Crippen molar-refractivity contribution in [2.75, 3.05) is 26.2 Å². The van der Waals surface area contributed by atoms with Gasteiger partial charge in [0.1, 0.15) is 0 Å². The van der Waals surface area contributed by atoms with E-state index in [1.807, 2.05) is 13.0 Å². The Balaban J connectivity index is 1.90. The van der Waals surface area contributed by atoms with Crippen LogP contribution in [0.3, 0.4) is 0 Å². The maximum Gasteiger partial charge on any atom is 0.259 e. The zero-order valence-corrected chi connectivity index (χ0v) is 12.9.